The predicted molar refractivity (Wildman–Crippen MR) is 141 cm³/mol. The van der Waals surface area contributed by atoms with Crippen molar-refractivity contribution in [2.45, 2.75) is 25.4 Å². The van der Waals surface area contributed by atoms with E-state index in [9.17, 15) is 4.79 Å². The molecule has 4 aromatic rings. The first kappa shape index (κ1) is 24.1. The van der Waals surface area contributed by atoms with Crippen LogP contribution in [0.25, 0.3) is 0 Å². The average Bonchev–Trinajstić information content (AvgIpc) is 3.42. The van der Waals surface area contributed by atoms with Gasteiger partial charge < -0.3 is 18.9 Å². The van der Waals surface area contributed by atoms with Crippen molar-refractivity contribution >= 4 is 11.9 Å². The van der Waals surface area contributed by atoms with Gasteiger partial charge in [-0.15, -0.1) is 0 Å². The maximum atomic E-state index is 12.6. The Bertz CT molecular complexity index is 1360. The fourth-order valence-electron chi connectivity index (χ4n) is 4.08. The van der Waals surface area contributed by atoms with Crippen LogP contribution in [0.1, 0.15) is 28.4 Å². The Balaban J connectivity index is 1.43. The van der Waals surface area contributed by atoms with Crippen molar-refractivity contribution in [2.24, 2.45) is 4.99 Å². The highest BCUT2D eigenvalue weighted by molar-refractivity contribution is 5.98. The van der Waals surface area contributed by atoms with Gasteiger partial charge in [0.1, 0.15) is 13.2 Å². The summed E-state index contributed by atoms with van der Waals surface area (Å²) in [5.74, 6) is 1.09. The largest absolute Gasteiger partial charge is 0.485 e. The van der Waals surface area contributed by atoms with Crippen molar-refractivity contribution in [3.05, 3.63) is 131 Å². The molecule has 0 spiro atoms. The molecule has 0 bridgehead atoms. The molecule has 1 aliphatic rings. The summed E-state index contributed by atoms with van der Waals surface area (Å²) in [4.78, 5) is 17.2. The highest BCUT2D eigenvalue weighted by atomic mass is 16.5. The normalized spacial score (nSPS) is 16.4. The van der Waals surface area contributed by atoms with E-state index in [2.05, 4.69) is 4.99 Å². The number of ether oxygens (including phenoxy) is 4. The minimum Gasteiger partial charge on any atom is -0.485 e. The number of nitrogens with zero attached hydrogens (tertiary/aromatic N) is 1. The maximum absolute atomic E-state index is 12.6. The Morgan fingerprint density at radius 2 is 1.32 bits per heavy atom. The number of aliphatic imine (C=N–C) groups is 1. The molecule has 0 aromatic heterocycles. The van der Waals surface area contributed by atoms with Gasteiger partial charge in [0.15, 0.2) is 23.6 Å². The van der Waals surface area contributed by atoms with Gasteiger partial charge in [-0.05, 0) is 41.0 Å². The summed E-state index contributed by atoms with van der Waals surface area (Å²) < 4.78 is 23.6. The molecule has 0 N–H and O–H groups in total. The van der Waals surface area contributed by atoms with E-state index in [4.69, 9.17) is 18.9 Å². The van der Waals surface area contributed by atoms with Gasteiger partial charge in [0.05, 0.1) is 7.11 Å². The zero-order valence-corrected chi connectivity index (χ0v) is 20.4. The molecule has 0 saturated carbocycles. The number of esters is 1. The molecular formula is C31H27NO5. The van der Waals surface area contributed by atoms with Crippen LogP contribution in [-0.4, -0.2) is 25.0 Å². The zero-order valence-electron chi connectivity index (χ0n) is 20.4. The molecule has 5 rings (SSSR count). The van der Waals surface area contributed by atoms with Gasteiger partial charge in [-0.2, -0.15) is 0 Å². The lowest BCUT2D eigenvalue weighted by molar-refractivity contribution is -0.143. The molecule has 0 saturated heterocycles. The molecule has 1 heterocycles. The van der Waals surface area contributed by atoms with E-state index in [0.29, 0.717) is 30.6 Å². The summed E-state index contributed by atoms with van der Waals surface area (Å²) in [5, 5.41) is 0. The summed E-state index contributed by atoms with van der Waals surface area (Å²) in [6.45, 7) is 0.761. The number of hydrogen-bond donors (Lipinski definition) is 0. The predicted octanol–water partition coefficient (Wildman–Crippen LogP) is 5.90. The number of rotatable bonds is 9. The molecule has 6 nitrogen and oxygen atoms in total. The molecule has 6 heteroatoms. The molecule has 2 atom stereocenters. The van der Waals surface area contributed by atoms with Crippen molar-refractivity contribution < 1.29 is 23.7 Å². The fourth-order valence-corrected chi connectivity index (χ4v) is 4.08. The van der Waals surface area contributed by atoms with Crippen LogP contribution in [-0.2, 0) is 27.5 Å². The third-order valence-electron chi connectivity index (χ3n) is 6.02. The summed E-state index contributed by atoms with van der Waals surface area (Å²) in [6.07, 6.45) is -0.662. The highest BCUT2D eigenvalue weighted by Crippen LogP contribution is 2.37. The van der Waals surface area contributed by atoms with Gasteiger partial charge in [0.25, 0.3) is 0 Å². The molecule has 2 unspecified atom stereocenters. The van der Waals surface area contributed by atoms with Crippen LogP contribution in [0.15, 0.2) is 114 Å². The van der Waals surface area contributed by atoms with Crippen LogP contribution in [0.4, 0.5) is 0 Å². The molecule has 4 aromatic carbocycles. The third-order valence-corrected chi connectivity index (χ3v) is 6.02. The number of carbonyl (C=O) groups excluding carboxylic acids is 1. The number of methoxy groups -OCH3 is 1. The quantitative estimate of drug-likeness (QED) is 0.272. The first-order valence-corrected chi connectivity index (χ1v) is 12.1. The lowest BCUT2D eigenvalue weighted by Gasteiger charge is -2.19. The van der Waals surface area contributed by atoms with Crippen LogP contribution in [0.5, 0.6) is 11.5 Å². The maximum Gasteiger partial charge on any atom is 0.335 e. The zero-order chi connectivity index (χ0) is 25.5. The number of hydrogen-bond acceptors (Lipinski definition) is 6. The average molecular weight is 494 g/mol. The first-order chi connectivity index (χ1) is 18.2. The van der Waals surface area contributed by atoms with E-state index in [1.807, 2.05) is 109 Å². The Hall–Kier alpha value is -4.58. The van der Waals surface area contributed by atoms with E-state index < -0.39 is 18.1 Å². The molecule has 0 aliphatic carbocycles. The SMILES string of the molecule is COC(=O)C1N=C(c2ccccc2)OC1c1ccc(OCc2ccccc2)c(OCc2ccccc2)c1. The van der Waals surface area contributed by atoms with Gasteiger partial charge in [-0.1, -0.05) is 84.9 Å². The summed E-state index contributed by atoms with van der Waals surface area (Å²) in [6, 6.07) is 34.1. The van der Waals surface area contributed by atoms with Crippen molar-refractivity contribution in [3.63, 3.8) is 0 Å². The smallest absolute Gasteiger partial charge is 0.335 e. The van der Waals surface area contributed by atoms with Crippen LogP contribution >= 0.6 is 0 Å². The second kappa shape index (κ2) is 11.4. The summed E-state index contributed by atoms with van der Waals surface area (Å²) >= 11 is 0. The van der Waals surface area contributed by atoms with Gasteiger partial charge in [0, 0.05) is 5.56 Å². The van der Waals surface area contributed by atoms with Gasteiger partial charge >= 0.3 is 5.97 Å². The number of carbonyl (C=O) groups is 1. The summed E-state index contributed by atoms with van der Waals surface area (Å²) in [7, 11) is 1.35. The summed E-state index contributed by atoms with van der Waals surface area (Å²) in [5.41, 5.74) is 3.61. The molecule has 0 amide bonds. The lowest BCUT2D eigenvalue weighted by Crippen LogP contribution is -2.25. The van der Waals surface area contributed by atoms with E-state index >= 15 is 0 Å². The molecule has 0 radical (unpaired) electrons. The Labute approximate surface area is 216 Å². The molecule has 186 valence electrons. The molecule has 1 aliphatic heterocycles. The van der Waals surface area contributed by atoms with Gasteiger partial charge in [0.2, 0.25) is 5.90 Å². The van der Waals surface area contributed by atoms with Crippen LogP contribution in [0, 0.1) is 0 Å². The van der Waals surface area contributed by atoms with Crippen LogP contribution < -0.4 is 9.47 Å². The Morgan fingerprint density at radius 1 is 0.757 bits per heavy atom. The second-order valence-corrected chi connectivity index (χ2v) is 8.56. The molecule has 37 heavy (non-hydrogen) atoms. The molecule has 0 fully saturated rings. The Kier molecular flexibility index (Phi) is 7.46. The first-order valence-electron chi connectivity index (χ1n) is 12.1. The lowest BCUT2D eigenvalue weighted by atomic mass is 10.0. The van der Waals surface area contributed by atoms with Crippen molar-refractivity contribution in [1.82, 2.24) is 0 Å². The highest BCUT2D eigenvalue weighted by Gasteiger charge is 2.39. The van der Waals surface area contributed by atoms with Crippen molar-refractivity contribution in [2.75, 3.05) is 7.11 Å². The van der Waals surface area contributed by atoms with Crippen molar-refractivity contribution in [1.29, 1.82) is 0 Å². The van der Waals surface area contributed by atoms with E-state index in [-0.39, 0.29) is 0 Å². The minimum atomic E-state index is -0.835. The van der Waals surface area contributed by atoms with E-state index in [0.717, 1.165) is 22.3 Å². The van der Waals surface area contributed by atoms with Crippen LogP contribution in [0.3, 0.4) is 0 Å². The topological polar surface area (TPSA) is 66.4 Å². The van der Waals surface area contributed by atoms with E-state index in [1.165, 1.54) is 7.11 Å². The van der Waals surface area contributed by atoms with E-state index in [1.54, 1.807) is 0 Å². The third kappa shape index (κ3) is 5.81. The van der Waals surface area contributed by atoms with Gasteiger partial charge in [-0.3, -0.25) is 0 Å². The second-order valence-electron chi connectivity index (χ2n) is 8.56. The number of benzene rings is 4. The van der Waals surface area contributed by atoms with Crippen LogP contribution in [0.2, 0.25) is 0 Å². The molecular weight excluding hydrogens is 466 g/mol. The monoisotopic (exact) mass is 493 g/mol. The standard InChI is InChI=1S/C31H27NO5/c1-34-31(33)28-29(37-30(32-28)24-15-9-4-10-16-24)25-17-18-26(35-20-22-11-5-2-6-12-22)27(19-25)36-21-23-13-7-3-8-14-23/h2-19,28-29H,20-21H2,1H3. The fraction of sp³-hybridized carbons (Fsp3) is 0.161. The van der Waals surface area contributed by atoms with Crippen molar-refractivity contribution in [3.8, 4) is 11.5 Å². The minimum absolute atomic E-state index is 0.365. The Morgan fingerprint density at radius 3 is 1.92 bits per heavy atom. The van der Waals surface area contributed by atoms with Gasteiger partial charge in [-0.25, -0.2) is 9.79 Å².